The average molecular weight is 256 g/mol. The molecule has 0 aliphatic heterocycles. The summed E-state index contributed by atoms with van der Waals surface area (Å²) in [5.74, 6) is 0. The summed E-state index contributed by atoms with van der Waals surface area (Å²) in [6.07, 6.45) is 9.76. The zero-order valence-corrected chi connectivity index (χ0v) is 11.3. The molecule has 0 saturated heterocycles. The van der Waals surface area contributed by atoms with Gasteiger partial charge in [0.15, 0.2) is 0 Å². The van der Waals surface area contributed by atoms with Crippen LogP contribution in [-0.4, -0.2) is 22.4 Å². The molecule has 96 valence electrons. The third-order valence-electron chi connectivity index (χ3n) is 3.63. The van der Waals surface area contributed by atoms with Gasteiger partial charge < -0.3 is 5.32 Å². The number of aryl methyl sites for hydroxylation is 1. The summed E-state index contributed by atoms with van der Waals surface area (Å²) >= 11 is 5.96. The summed E-state index contributed by atoms with van der Waals surface area (Å²) in [7, 11) is 0. The van der Waals surface area contributed by atoms with E-state index in [4.69, 9.17) is 11.6 Å². The normalized spacial score (nSPS) is 17.5. The predicted octanol–water partition coefficient (Wildman–Crippen LogP) is 3.16. The lowest BCUT2D eigenvalue weighted by molar-refractivity contribution is 0.367. The molecule has 17 heavy (non-hydrogen) atoms. The highest BCUT2D eigenvalue weighted by atomic mass is 35.5. The molecule has 4 heteroatoms. The molecular formula is C13H22ClN3. The van der Waals surface area contributed by atoms with Crippen LogP contribution in [0.4, 0.5) is 0 Å². The molecule has 1 aliphatic rings. The predicted molar refractivity (Wildman–Crippen MR) is 71.5 cm³/mol. The number of halogens is 1. The van der Waals surface area contributed by atoms with Gasteiger partial charge in [-0.05, 0) is 32.7 Å². The van der Waals surface area contributed by atoms with Crippen molar-refractivity contribution < 1.29 is 0 Å². The van der Waals surface area contributed by atoms with E-state index < -0.39 is 0 Å². The molecule has 0 amide bonds. The van der Waals surface area contributed by atoms with Gasteiger partial charge in [0.05, 0.1) is 16.9 Å². The van der Waals surface area contributed by atoms with E-state index in [-0.39, 0.29) is 0 Å². The maximum atomic E-state index is 5.96. The molecule has 1 aromatic heterocycles. The van der Waals surface area contributed by atoms with Crippen LogP contribution >= 0.6 is 11.6 Å². The molecule has 0 radical (unpaired) electrons. The lowest BCUT2D eigenvalue weighted by Gasteiger charge is -2.22. The molecule has 2 rings (SSSR count). The number of nitrogens with one attached hydrogen (secondary N) is 1. The van der Waals surface area contributed by atoms with Gasteiger partial charge in [-0.1, -0.05) is 30.9 Å². The smallest absolute Gasteiger partial charge is 0.0814 e. The summed E-state index contributed by atoms with van der Waals surface area (Å²) in [5, 5.41) is 8.67. The van der Waals surface area contributed by atoms with Gasteiger partial charge >= 0.3 is 0 Å². The molecule has 0 bridgehead atoms. The summed E-state index contributed by atoms with van der Waals surface area (Å²) in [6.45, 7) is 4.06. The fraction of sp³-hybridized carbons (Fsp3) is 0.769. The van der Waals surface area contributed by atoms with E-state index in [0.717, 1.165) is 36.3 Å². The van der Waals surface area contributed by atoms with Crippen LogP contribution in [0.15, 0.2) is 6.20 Å². The van der Waals surface area contributed by atoms with Crippen LogP contribution in [0.3, 0.4) is 0 Å². The second-order valence-corrected chi connectivity index (χ2v) is 5.35. The van der Waals surface area contributed by atoms with Crippen LogP contribution in [0.25, 0.3) is 0 Å². The molecule has 3 nitrogen and oxygen atoms in total. The SMILES string of the molecule is Cc1c(Cl)cnn1CCCNC1CCCCC1. The van der Waals surface area contributed by atoms with E-state index in [1.54, 1.807) is 6.20 Å². The van der Waals surface area contributed by atoms with Crippen molar-refractivity contribution in [2.24, 2.45) is 0 Å². The standard InChI is InChI=1S/C13H22ClN3/c1-11-13(14)10-16-17(11)9-5-8-15-12-6-3-2-4-7-12/h10,12,15H,2-9H2,1H3. The topological polar surface area (TPSA) is 29.9 Å². The van der Waals surface area contributed by atoms with Gasteiger partial charge in [-0.2, -0.15) is 5.10 Å². The zero-order chi connectivity index (χ0) is 12.1. The maximum Gasteiger partial charge on any atom is 0.0814 e. The molecule has 1 saturated carbocycles. The van der Waals surface area contributed by atoms with Crippen molar-refractivity contribution in [1.82, 2.24) is 15.1 Å². The molecule has 1 N–H and O–H groups in total. The van der Waals surface area contributed by atoms with Crippen molar-refractivity contribution in [3.05, 3.63) is 16.9 Å². The Kier molecular flexibility index (Phi) is 4.86. The van der Waals surface area contributed by atoms with Gasteiger partial charge in [0.1, 0.15) is 0 Å². The minimum Gasteiger partial charge on any atom is -0.314 e. The lowest BCUT2D eigenvalue weighted by Crippen LogP contribution is -2.32. The number of aromatic nitrogens is 2. The third kappa shape index (κ3) is 3.71. The Morgan fingerprint density at radius 2 is 2.18 bits per heavy atom. The Morgan fingerprint density at radius 3 is 2.82 bits per heavy atom. The second-order valence-electron chi connectivity index (χ2n) is 4.94. The first-order valence-corrected chi connectivity index (χ1v) is 7.06. The highest BCUT2D eigenvalue weighted by Gasteiger charge is 2.11. The Morgan fingerprint density at radius 1 is 1.41 bits per heavy atom. The first kappa shape index (κ1) is 12.9. The van der Waals surface area contributed by atoms with E-state index in [0.29, 0.717) is 0 Å². The van der Waals surface area contributed by atoms with Crippen molar-refractivity contribution in [1.29, 1.82) is 0 Å². The fourth-order valence-corrected chi connectivity index (χ4v) is 2.63. The van der Waals surface area contributed by atoms with Crippen molar-refractivity contribution in [3.8, 4) is 0 Å². The molecule has 1 fully saturated rings. The van der Waals surface area contributed by atoms with E-state index in [2.05, 4.69) is 10.4 Å². The van der Waals surface area contributed by atoms with Gasteiger partial charge in [-0.3, -0.25) is 4.68 Å². The van der Waals surface area contributed by atoms with Gasteiger partial charge in [-0.25, -0.2) is 0 Å². The Bertz CT molecular complexity index is 342. The molecular weight excluding hydrogens is 234 g/mol. The summed E-state index contributed by atoms with van der Waals surface area (Å²) in [5.41, 5.74) is 1.07. The minimum atomic E-state index is 0.756. The Balaban J connectivity index is 1.64. The molecule has 1 aromatic rings. The van der Waals surface area contributed by atoms with Crippen LogP contribution in [0, 0.1) is 6.92 Å². The van der Waals surface area contributed by atoms with Crippen molar-refractivity contribution in [2.75, 3.05) is 6.54 Å². The van der Waals surface area contributed by atoms with Crippen molar-refractivity contribution in [3.63, 3.8) is 0 Å². The largest absolute Gasteiger partial charge is 0.314 e. The molecule has 1 aliphatic carbocycles. The molecule has 0 aromatic carbocycles. The first-order chi connectivity index (χ1) is 8.27. The van der Waals surface area contributed by atoms with Crippen LogP contribution in [0.5, 0.6) is 0 Å². The maximum absolute atomic E-state index is 5.96. The van der Waals surface area contributed by atoms with Gasteiger partial charge in [-0.15, -0.1) is 0 Å². The fourth-order valence-electron chi connectivity index (χ4n) is 2.49. The van der Waals surface area contributed by atoms with Gasteiger partial charge in [0.25, 0.3) is 0 Å². The summed E-state index contributed by atoms with van der Waals surface area (Å²) in [4.78, 5) is 0. The summed E-state index contributed by atoms with van der Waals surface area (Å²) < 4.78 is 1.99. The van der Waals surface area contributed by atoms with Crippen LogP contribution in [0.1, 0.15) is 44.2 Å². The zero-order valence-electron chi connectivity index (χ0n) is 10.6. The van der Waals surface area contributed by atoms with Crippen LogP contribution in [-0.2, 0) is 6.54 Å². The van der Waals surface area contributed by atoms with Crippen molar-refractivity contribution in [2.45, 2.75) is 58.0 Å². The number of rotatable bonds is 5. The van der Waals surface area contributed by atoms with Gasteiger partial charge in [0, 0.05) is 12.6 Å². The second kappa shape index (κ2) is 6.41. The number of hydrogen-bond acceptors (Lipinski definition) is 2. The first-order valence-electron chi connectivity index (χ1n) is 6.68. The molecule has 1 heterocycles. The Hall–Kier alpha value is -0.540. The quantitative estimate of drug-likeness (QED) is 0.820. The van der Waals surface area contributed by atoms with Crippen molar-refractivity contribution >= 4 is 11.6 Å². The van der Waals surface area contributed by atoms with Crippen LogP contribution in [0.2, 0.25) is 5.02 Å². The lowest BCUT2D eigenvalue weighted by atomic mass is 9.95. The molecule has 0 unspecified atom stereocenters. The van der Waals surface area contributed by atoms with E-state index in [9.17, 15) is 0 Å². The van der Waals surface area contributed by atoms with E-state index in [1.165, 1.54) is 32.1 Å². The molecule has 0 spiro atoms. The van der Waals surface area contributed by atoms with E-state index in [1.807, 2.05) is 11.6 Å². The summed E-state index contributed by atoms with van der Waals surface area (Å²) in [6, 6.07) is 0.756. The average Bonchev–Trinajstić information content (AvgIpc) is 2.67. The third-order valence-corrected chi connectivity index (χ3v) is 4.00. The molecule has 0 atom stereocenters. The Labute approximate surface area is 109 Å². The number of nitrogens with zero attached hydrogens (tertiary/aromatic N) is 2. The van der Waals surface area contributed by atoms with Crippen LogP contribution < -0.4 is 5.32 Å². The van der Waals surface area contributed by atoms with Gasteiger partial charge in [0.2, 0.25) is 0 Å². The van der Waals surface area contributed by atoms with E-state index >= 15 is 0 Å². The highest BCUT2D eigenvalue weighted by molar-refractivity contribution is 6.31. The number of hydrogen-bond donors (Lipinski definition) is 1. The highest BCUT2D eigenvalue weighted by Crippen LogP contribution is 2.17. The monoisotopic (exact) mass is 255 g/mol. The minimum absolute atomic E-state index is 0.756.